The summed E-state index contributed by atoms with van der Waals surface area (Å²) < 4.78 is 41.5. The van der Waals surface area contributed by atoms with E-state index in [1.54, 1.807) is 18.0 Å². The summed E-state index contributed by atoms with van der Waals surface area (Å²) >= 11 is 12.0. The molecule has 2 N–H and O–H groups in total. The fourth-order valence-electron chi connectivity index (χ4n) is 4.08. The number of likely N-dealkylation sites (N-methyl/N-ethyl adjacent to an activating group) is 1. The van der Waals surface area contributed by atoms with Crippen molar-refractivity contribution in [2.24, 2.45) is 0 Å². The Balaban J connectivity index is 1.82. The van der Waals surface area contributed by atoms with Crippen molar-refractivity contribution in [1.82, 2.24) is 10.3 Å². The van der Waals surface area contributed by atoms with Gasteiger partial charge in [-0.2, -0.15) is 13.2 Å². The van der Waals surface area contributed by atoms with Crippen LogP contribution in [0.2, 0.25) is 10.2 Å². The zero-order valence-electron chi connectivity index (χ0n) is 14.4. The predicted octanol–water partition coefficient (Wildman–Crippen LogP) is 5.05. The molecule has 4 nitrogen and oxygen atoms in total. The molecule has 0 radical (unpaired) electrons. The third-order valence-corrected chi connectivity index (χ3v) is 5.73. The van der Waals surface area contributed by atoms with E-state index < -0.39 is 11.7 Å². The van der Waals surface area contributed by atoms with Gasteiger partial charge in [-0.05, 0) is 36.7 Å². The minimum Gasteiger partial charge on any atom is -0.370 e. The normalized spacial score (nSPS) is 21.8. The molecular formula is C18H17Cl2F3N4. The number of piperidine rings is 1. The fourth-order valence-corrected chi connectivity index (χ4v) is 4.39. The van der Waals surface area contributed by atoms with E-state index in [2.05, 4.69) is 15.6 Å². The summed E-state index contributed by atoms with van der Waals surface area (Å²) in [7, 11) is 1.74. The zero-order valence-corrected chi connectivity index (χ0v) is 15.9. The van der Waals surface area contributed by atoms with E-state index in [4.69, 9.17) is 23.2 Å². The summed E-state index contributed by atoms with van der Waals surface area (Å²) in [6, 6.07) is 4.50. The van der Waals surface area contributed by atoms with E-state index in [0.717, 1.165) is 19.0 Å². The molecule has 2 aliphatic rings. The van der Waals surface area contributed by atoms with Gasteiger partial charge in [-0.15, -0.1) is 0 Å². The summed E-state index contributed by atoms with van der Waals surface area (Å²) in [5, 5.41) is 6.72. The van der Waals surface area contributed by atoms with Crippen molar-refractivity contribution >= 4 is 40.3 Å². The smallest absolute Gasteiger partial charge is 0.370 e. The molecule has 0 saturated carbocycles. The second-order valence-corrected chi connectivity index (χ2v) is 7.65. The highest BCUT2D eigenvalue weighted by Crippen LogP contribution is 2.50. The minimum absolute atomic E-state index is 0.00885. The van der Waals surface area contributed by atoms with Crippen molar-refractivity contribution in [2.45, 2.75) is 24.6 Å². The van der Waals surface area contributed by atoms with Crippen molar-refractivity contribution in [3.8, 4) is 0 Å². The van der Waals surface area contributed by atoms with Crippen LogP contribution < -0.4 is 15.5 Å². The summed E-state index contributed by atoms with van der Waals surface area (Å²) in [6.07, 6.45) is -2.28. The number of hydrogen-bond donors (Lipinski definition) is 2. The Morgan fingerprint density at radius 2 is 2.04 bits per heavy atom. The van der Waals surface area contributed by atoms with E-state index in [9.17, 15) is 13.2 Å². The van der Waals surface area contributed by atoms with E-state index in [1.807, 2.05) is 0 Å². The molecule has 27 heavy (non-hydrogen) atoms. The lowest BCUT2D eigenvalue weighted by atomic mass is 9.89. The first kappa shape index (κ1) is 18.7. The van der Waals surface area contributed by atoms with Crippen LogP contribution in [0, 0.1) is 0 Å². The average Bonchev–Trinajstić information content (AvgIpc) is 2.90. The molecular weight excluding hydrogens is 400 g/mol. The van der Waals surface area contributed by atoms with Gasteiger partial charge in [-0.3, -0.25) is 0 Å². The highest BCUT2D eigenvalue weighted by molar-refractivity contribution is 6.34. The van der Waals surface area contributed by atoms with E-state index in [-0.39, 0.29) is 22.8 Å². The second-order valence-electron chi connectivity index (χ2n) is 6.85. The number of halogens is 5. The maximum absolute atomic E-state index is 13.8. The molecule has 0 aliphatic carbocycles. The molecule has 4 rings (SSSR count). The molecule has 0 amide bonds. The minimum atomic E-state index is -4.46. The quantitative estimate of drug-likeness (QED) is 0.672. The van der Waals surface area contributed by atoms with Gasteiger partial charge < -0.3 is 15.5 Å². The van der Waals surface area contributed by atoms with Gasteiger partial charge in [-0.25, -0.2) is 4.98 Å². The third-order valence-electron chi connectivity index (χ3n) is 5.22. The van der Waals surface area contributed by atoms with E-state index in [0.29, 0.717) is 28.5 Å². The Morgan fingerprint density at radius 1 is 1.26 bits per heavy atom. The highest BCUT2D eigenvalue weighted by atomic mass is 35.5. The summed E-state index contributed by atoms with van der Waals surface area (Å²) in [4.78, 5) is 5.71. The fraction of sp³-hybridized carbons (Fsp3) is 0.389. The van der Waals surface area contributed by atoms with Crippen LogP contribution in [0.5, 0.6) is 0 Å². The topological polar surface area (TPSA) is 40.2 Å². The molecule has 9 heteroatoms. The van der Waals surface area contributed by atoms with Gasteiger partial charge in [-0.1, -0.05) is 23.2 Å². The van der Waals surface area contributed by atoms with E-state index >= 15 is 0 Å². The van der Waals surface area contributed by atoms with Crippen molar-refractivity contribution in [1.29, 1.82) is 0 Å². The first-order chi connectivity index (χ1) is 12.8. The SMILES string of the molecule is CN1c2c(cc(Nc3cc(Cl)cnc3Cl)cc2C(F)(F)F)C2CNCCC21. The third kappa shape index (κ3) is 3.32. The molecule has 0 bridgehead atoms. The molecule has 1 saturated heterocycles. The first-order valence-electron chi connectivity index (χ1n) is 8.52. The summed E-state index contributed by atoms with van der Waals surface area (Å²) in [5.41, 5.74) is 0.985. The van der Waals surface area contributed by atoms with Gasteiger partial charge in [0.1, 0.15) is 0 Å². The van der Waals surface area contributed by atoms with Crippen LogP contribution in [0.15, 0.2) is 24.4 Å². The van der Waals surface area contributed by atoms with Crippen LogP contribution in [0.25, 0.3) is 0 Å². The average molecular weight is 417 g/mol. The number of alkyl halides is 3. The number of nitrogens with one attached hydrogen (secondary N) is 2. The Kier molecular flexibility index (Phi) is 4.64. The number of hydrogen-bond acceptors (Lipinski definition) is 4. The van der Waals surface area contributed by atoms with Crippen molar-refractivity contribution in [3.63, 3.8) is 0 Å². The maximum atomic E-state index is 13.8. The number of aromatic nitrogens is 1. The van der Waals surface area contributed by atoms with E-state index in [1.165, 1.54) is 12.3 Å². The number of rotatable bonds is 2. The van der Waals surface area contributed by atoms with Gasteiger partial charge >= 0.3 is 6.18 Å². The number of benzene rings is 1. The van der Waals surface area contributed by atoms with Gasteiger partial charge in [0.25, 0.3) is 0 Å². The lowest BCUT2D eigenvalue weighted by Gasteiger charge is -2.31. The molecule has 1 aromatic carbocycles. The summed E-state index contributed by atoms with van der Waals surface area (Å²) in [5.74, 6) is 0.00885. The molecule has 1 aromatic heterocycles. The van der Waals surface area contributed by atoms with Crippen LogP contribution in [0.3, 0.4) is 0 Å². The van der Waals surface area contributed by atoms with Crippen molar-refractivity contribution in [3.05, 3.63) is 45.7 Å². The summed E-state index contributed by atoms with van der Waals surface area (Å²) in [6.45, 7) is 1.46. The van der Waals surface area contributed by atoms with Crippen LogP contribution in [-0.4, -0.2) is 31.2 Å². The van der Waals surface area contributed by atoms with Gasteiger partial charge in [0, 0.05) is 37.4 Å². The molecule has 2 unspecified atom stereocenters. The number of pyridine rings is 1. The lowest BCUT2D eigenvalue weighted by molar-refractivity contribution is -0.137. The molecule has 3 heterocycles. The van der Waals surface area contributed by atoms with Crippen LogP contribution in [-0.2, 0) is 6.18 Å². The number of fused-ring (bicyclic) bond motifs is 3. The van der Waals surface area contributed by atoms with Crippen LogP contribution in [0.4, 0.5) is 30.2 Å². The number of anilines is 3. The molecule has 2 atom stereocenters. The number of nitrogens with zero attached hydrogens (tertiary/aromatic N) is 2. The standard InChI is InChI=1S/C18H17Cl2F3N4/c1-27-15-2-3-24-8-12(15)11-5-10(6-13(16(11)27)18(21,22)23)26-14-4-9(19)7-25-17(14)20/h4-7,12,15,24,26H,2-3,8H2,1H3. The Morgan fingerprint density at radius 3 is 2.78 bits per heavy atom. The molecule has 2 aliphatic heterocycles. The maximum Gasteiger partial charge on any atom is 0.418 e. The predicted molar refractivity (Wildman–Crippen MR) is 101 cm³/mol. The van der Waals surface area contributed by atoms with Gasteiger partial charge in [0.05, 0.1) is 22.0 Å². The molecule has 2 aromatic rings. The molecule has 1 fully saturated rings. The highest BCUT2D eigenvalue weighted by Gasteiger charge is 2.45. The molecule has 0 spiro atoms. The first-order valence-corrected chi connectivity index (χ1v) is 9.28. The lowest BCUT2D eigenvalue weighted by Crippen LogP contribution is -2.42. The Hall–Kier alpha value is -1.70. The van der Waals surface area contributed by atoms with Crippen molar-refractivity contribution in [2.75, 3.05) is 30.4 Å². The monoisotopic (exact) mass is 416 g/mol. The zero-order chi connectivity index (χ0) is 19.3. The van der Waals surface area contributed by atoms with Gasteiger partial charge in [0.2, 0.25) is 0 Å². The Bertz CT molecular complexity index is 888. The molecule has 144 valence electrons. The second kappa shape index (κ2) is 6.72. The van der Waals surface area contributed by atoms with Gasteiger partial charge in [0.15, 0.2) is 5.15 Å². The largest absolute Gasteiger partial charge is 0.418 e. The Labute approximate surface area is 164 Å². The van der Waals surface area contributed by atoms with Crippen molar-refractivity contribution < 1.29 is 13.2 Å². The van der Waals surface area contributed by atoms with Crippen LogP contribution >= 0.6 is 23.2 Å². The van der Waals surface area contributed by atoms with Crippen LogP contribution in [0.1, 0.15) is 23.5 Å².